The fraction of sp³-hybridized carbons (Fsp3) is 0.333. The molecule has 0 saturated carbocycles. The Balaban J connectivity index is 2.03. The number of rotatable bonds is 1. The highest BCUT2D eigenvalue weighted by Gasteiger charge is 2.26. The van der Waals surface area contributed by atoms with E-state index in [1.165, 1.54) is 0 Å². The zero-order chi connectivity index (χ0) is 16.0. The number of β-amino-alcohol motifs (C(OH)–C–C–N with tert-alkyl or cyclic N) is 1. The molecule has 3 nitrogen and oxygen atoms in total. The average Bonchev–Trinajstić information content (AvgIpc) is 2.68. The van der Waals surface area contributed by atoms with E-state index in [2.05, 4.69) is 9.88 Å². The van der Waals surface area contributed by atoms with Crippen LogP contribution in [0, 0.1) is 0 Å². The molecule has 0 radical (unpaired) electrons. The molecule has 0 bridgehead atoms. The van der Waals surface area contributed by atoms with Crippen molar-refractivity contribution < 1.29 is 5.11 Å². The van der Waals surface area contributed by atoms with Gasteiger partial charge in [0.05, 0.1) is 12.1 Å². The van der Waals surface area contributed by atoms with E-state index in [-0.39, 0.29) is 6.04 Å². The summed E-state index contributed by atoms with van der Waals surface area (Å²) in [5, 5.41) is 17.5. The predicted octanol–water partition coefficient (Wildman–Crippen LogP) is 4.39. The zero-order valence-electron chi connectivity index (χ0n) is 12.6. The highest BCUT2D eigenvalue weighted by Crippen LogP contribution is 2.37. The first-order valence-corrected chi connectivity index (χ1v) is 8.68. The van der Waals surface area contributed by atoms with Gasteiger partial charge in [-0.1, -0.05) is 23.2 Å². The zero-order valence-corrected chi connectivity index (χ0v) is 14.1. The summed E-state index contributed by atoms with van der Waals surface area (Å²) in [4.78, 5) is 0. The smallest absolute Gasteiger partial charge is 0.0871 e. The van der Waals surface area contributed by atoms with Gasteiger partial charge in [-0.2, -0.15) is 0 Å². The van der Waals surface area contributed by atoms with Crippen molar-refractivity contribution in [1.82, 2.24) is 9.88 Å². The molecule has 1 aromatic heterocycles. The van der Waals surface area contributed by atoms with Gasteiger partial charge in [-0.25, -0.2) is 0 Å². The number of nitrogens with one attached hydrogen (secondary N) is 1. The molecule has 1 saturated heterocycles. The van der Waals surface area contributed by atoms with Crippen LogP contribution in [0.5, 0.6) is 0 Å². The van der Waals surface area contributed by atoms with Crippen LogP contribution in [-0.2, 0) is 0 Å². The van der Waals surface area contributed by atoms with Crippen molar-refractivity contribution in [3.05, 3.63) is 46.4 Å². The van der Waals surface area contributed by atoms with Crippen LogP contribution in [0.25, 0.3) is 21.8 Å². The van der Waals surface area contributed by atoms with Crippen molar-refractivity contribution in [2.75, 3.05) is 13.1 Å². The number of aromatic nitrogens is 1. The molecular weight excluding hydrogens is 331 g/mol. The van der Waals surface area contributed by atoms with Crippen molar-refractivity contribution in [2.45, 2.75) is 25.0 Å². The van der Waals surface area contributed by atoms with E-state index in [0.29, 0.717) is 16.6 Å². The molecular formula is C18H18Cl2N2O. The van der Waals surface area contributed by atoms with Gasteiger partial charge in [0.2, 0.25) is 0 Å². The number of benzene rings is 2. The summed E-state index contributed by atoms with van der Waals surface area (Å²) in [5.74, 6) is 0. The standard InChI is InChI=1S/C18H18Cl2N2O/c19-11-3-5-15-13(8-11)14-9-12(20)4-6-16(14)22(15)17-2-1-7-21-10-18(17)23/h3-6,8-9,17-18,21,23H,1-2,7,10H2/t17-,18-/m1/s1. The lowest BCUT2D eigenvalue weighted by atomic mass is 10.1. The molecule has 2 aromatic carbocycles. The van der Waals surface area contributed by atoms with E-state index in [0.717, 1.165) is 41.2 Å². The number of hydrogen-bond donors (Lipinski definition) is 2. The molecule has 2 N–H and O–H groups in total. The number of hydrogen-bond acceptors (Lipinski definition) is 2. The first-order valence-electron chi connectivity index (χ1n) is 7.92. The van der Waals surface area contributed by atoms with Gasteiger partial charge in [-0.15, -0.1) is 0 Å². The number of fused-ring (bicyclic) bond motifs is 3. The average molecular weight is 349 g/mol. The highest BCUT2D eigenvalue weighted by atomic mass is 35.5. The Kier molecular flexibility index (Phi) is 3.98. The monoisotopic (exact) mass is 348 g/mol. The molecule has 1 aliphatic rings. The third kappa shape index (κ3) is 2.62. The third-order valence-electron chi connectivity index (χ3n) is 4.71. The third-order valence-corrected chi connectivity index (χ3v) is 5.18. The second-order valence-electron chi connectivity index (χ2n) is 6.17. The van der Waals surface area contributed by atoms with Crippen molar-refractivity contribution in [1.29, 1.82) is 0 Å². The van der Waals surface area contributed by atoms with Crippen LogP contribution >= 0.6 is 23.2 Å². The largest absolute Gasteiger partial charge is 0.390 e. The number of aliphatic hydroxyl groups excluding tert-OH is 1. The second-order valence-corrected chi connectivity index (χ2v) is 7.05. The number of nitrogens with zero attached hydrogens (tertiary/aromatic N) is 1. The predicted molar refractivity (Wildman–Crippen MR) is 96.6 cm³/mol. The van der Waals surface area contributed by atoms with Gasteiger partial charge >= 0.3 is 0 Å². The first-order chi connectivity index (χ1) is 11.1. The Hall–Kier alpha value is -1.26. The molecule has 3 aromatic rings. The molecule has 23 heavy (non-hydrogen) atoms. The maximum atomic E-state index is 10.6. The lowest BCUT2D eigenvalue weighted by molar-refractivity contribution is 0.119. The van der Waals surface area contributed by atoms with Crippen LogP contribution in [0.1, 0.15) is 18.9 Å². The van der Waals surface area contributed by atoms with Crippen LogP contribution in [0.3, 0.4) is 0 Å². The molecule has 0 spiro atoms. The molecule has 2 atom stereocenters. The van der Waals surface area contributed by atoms with Gasteiger partial charge in [-0.05, 0) is 55.8 Å². The Morgan fingerprint density at radius 3 is 2.22 bits per heavy atom. The number of halogens is 2. The molecule has 2 heterocycles. The fourth-order valence-corrected chi connectivity index (χ4v) is 4.02. The van der Waals surface area contributed by atoms with Crippen LogP contribution in [0.15, 0.2) is 36.4 Å². The van der Waals surface area contributed by atoms with Crippen molar-refractivity contribution >= 4 is 45.0 Å². The summed E-state index contributed by atoms with van der Waals surface area (Å²) >= 11 is 12.4. The molecule has 1 fully saturated rings. The molecule has 0 unspecified atom stereocenters. The summed E-state index contributed by atoms with van der Waals surface area (Å²) in [5.41, 5.74) is 2.19. The van der Waals surface area contributed by atoms with E-state index in [4.69, 9.17) is 23.2 Å². The summed E-state index contributed by atoms with van der Waals surface area (Å²) in [6, 6.07) is 11.9. The van der Waals surface area contributed by atoms with Gasteiger partial charge in [0.1, 0.15) is 0 Å². The Morgan fingerprint density at radius 1 is 1.00 bits per heavy atom. The molecule has 120 valence electrons. The summed E-state index contributed by atoms with van der Waals surface area (Å²) < 4.78 is 2.26. The van der Waals surface area contributed by atoms with Crippen LogP contribution in [0.4, 0.5) is 0 Å². The fourth-order valence-electron chi connectivity index (χ4n) is 3.67. The molecule has 4 rings (SSSR count). The van der Waals surface area contributed by atoms with Gasteiger partial charge < -0.3 is 15.0 Å². The summed E-state index contributed by atoms with van der Waals surface area (Å²) in [6.45, 7) is 1.56. The van der Waals surface area contributed by atoms with Gasteiger partial charge in [0.25, 0.3) is 0 Å². The van der Waals surface area contributed by atoms with E-state index < -0.39 is 6.10 Å². The van der Waals surface area contributed by atoms with E-state index in [9.17, 15) is 5.11 Å². The van der Waals surface area contributed by atoms with Crippen LogP contribution < -0.4 is 5.32 Å². The maximum absolute atomic E-state index is 10.6. The number of aliphatic hydroxyl groups is 1. The van der Waals surface area contributed by atoms with Crippen molar-refractivity contribution in [3.8, 4) is 0 Å². The molecule has 0 amide bonds. The lowest BCUT2D eigenvalue weighted by Crippen LogP contribution is -2.31. The quantitative estimate of drug-likeness (QED) is 0.684. The van der Waals surface area contributed by atoms with E-state index >= 15 is 0 Å². The Bertz CT molecular complexity index is 815. The van der Waals surface area contributed by atoms with E-state index in [1.54, 1.807) is 0 Å². The van der Waals surface area contributed by atoms with Crippen molar-refractivity contribution in [3.63, 3.8) is 0 Å². The highest BCUT2D eigenvalue weighted by molar-refractivity contribution is 6.33. The topological polar surface area (TPSA) is 37.2 Å². The maximum Gasteiger partial charge on any atom is 0.0871 e. The van der Waals surface area contributed by atoms with Crippen LogP contribution in [0.2, 0.25) is 10.0 Å². The van der Waals surface area contributed by atoms with Crippen LogP contribution in [-0.4, -0.2) is 28.9 Å². The lowest BCUT2D eigenvalue weighted by Gasteiger charge is -2.24. The second kappa shape index (κ2) is 5.99. The van der Waals surface area contributed by atoms with E-state index in [1.807, 2.05) is 36.4 Å². The minimum atomic E-state index is -0.414. The van der Waals surface area contributed by atoms with Gasteiger partial charge in [-0.3, -0.25) is 0 Å². The Morgan fingerprint density at radius 2 is 1.61 bits per heavy atom. The SMILES string of the molecule is O[C@@H]1CNCCC[C@H]1n1c2ccc(Cl)cc2c2cc(Cl)ccc21. The summed E-state index contributed by atoms with van der Waals surface area (Å²) in [6.07, 6.45) is 1.57. The normalized spacial score (nSPS) is 22.6. The minimum Gasteiger partial charge on any atom is -0.390 e. The molecule has 0 aliphatic carbocycles. The minimum absolute atomic E-state index is 0.0485. The van der Waals surface area contributed by atoms with Gasteiger partial charge in [0.15, 0.2) is 0 Å². The Labute approximate surface area is 144 Å². The molecule has 1 aliphatic heterocycles. The molecule has 5 heteroatoms. The summed E-state index contributed by atoms with van der Waals surface area (Å²) in [7, 11) is 0. The van der Waals surface area contributed by atoms with Gasteiger partial charge in [0, 0.05) is 38.4 Å². The van der Waals surface area contributed by atoms with Crippen molar-refractivity contribution in [2.24, 2.45) is 0 Å². The first kappa shape index (κ1) is 15.3.